The van der Waals surface area contributed by atoms with E-state index < -0.39 is 0 Å². The van der Waals surface area contributed by atoms with E-state index >= 15 is 0 Å². The molecule has 1 aliphatic rings. The molecule has 0 aliphatic carbocycles. The van der Waals surface area contributed by atoms with Gasteiger partial charge in [0, 0.05) is 39.3 Å². The van der Waals surface area contributed by atoms with Crippen LogP contribution in [0.2, 0.25) is 0 Å². The van der Waals surface area contributed by atoms with Crippen LogP contribution in [0.5, 0.6) is 5.75 Å². The average molecular weight is 522 g/mol. The summed E-state index contributed by atoms with van der Waals surface area (Å²) in [6.45, 7) is 6.86. The number of piperidine rings is 1. The van der Waals surface area contributed by atoms with Crippen LogP contribution in [-0.2, 0) is 13.1 Å². The number of halogens is 1. The monoisotopic (exact) mass is 522 g/mol. The predicted molar refractivity (Wildman–Crippen MR) is 136 cm³/mol. The van der Waals surface area contributed by atoms with Crippen molar-refractivity contribution in [3.05, 3.63) is 65.7 Å². The van der Waals surface area contributed by atoms with Gasteiger partial charge in [-0.15, -0.1) is 24.0 Å². The minimum atomic E-state index is 0. The lowest BCUT2D eigenvalue weighted by atomic mass is 10.0. The first-order valence-electron chi connectivity index (χ1n) is 10.7. The molecule has 0 spiro atoms. The molecule has 0 amide bonds. The van der Waals surface area contributed by atoms with Crippen LogP contribution in [-0.4, -0.2) is 43.6 Å². The van der Waals surface area contributed by atoms with Gasteiger partial charge in [0.05, 0.1) is 6.61 Å². The molecule has 0 atom stereocenters. The van der Waals surface area contributed by atoms with Gasteiger partial charge < -0.3 is 15.4 Å². The van der Waals surface area contributed by atoms with Gasteiger partial charge in [0.15, 0.2) is 5.96 Å². The fourth-order valence-corrected chi connectivity index (χ4v) is 3.62. The van der Waals surface area contributed by atoms with Crippen molar-refractivity contribution in [2.75, 3.05) is 26.7 Å². The van der Waals surface area contributed by atoms with E-state index in [0.29, 0.717) is 6.04 Å². The molecule has 2 aromatic carbocycles. The van der Waals surface area contributed by atoms with E-state index in [0.717, 1.165) is 63.8 Å². The van der Waals surface area contributed by atoms with E-state index in [9.17, 15) is 0 Å². The number of likely N-dealkylation sites (tertiary alicyclic amines) is 1. The normalized spacial score (nSPS) is 15.3. The molecule has 1 aliphatic heterocycles. The highest BCUT2D eigenvalue weighted by Gasteiger charge is 2.20. The van der Waals surface area contributed by atoms with Crippen LogP contribution in [0.25, 0.3) is 0 Å². The molecule has 0 unspecified atom stereocenters. The van der Waals surface area contributed by atoms with E-state index in [2.05, 4.69) is 69.9 Å². The second-order valence-corrected chi connectivity index (χ2v) is 7.60. The van der Waals surface area contributed by atoms with Crippen molar-refractivity contribution >= 4 is 29.9 Å². The van der Waals surface area contributed by atoms with Crippen LogP contribution in [0.1, 0.15) is 37.3 Å². The molecule has 0 bridgehead atoms. The molecule has 164 valence electrons. The van der Waals surface area contributed by atoms with E-state index in [1.54, 1.807) is 0 Å². The smallest absolute Gasteiger partial charge is 0.191 e. The first kappa shape index (κ1) is 24.5. The number of nitrogens with zero attached hydrogens (tertiary/aromatic N) is 2. The molecule has 0 aromatic heterocycles. The van der Waals surface area contributed by atoms with E-state index in [-0.39, 0.29) is 24.0 Å². The number of ether oxygens (including phenoxy) is 1. The van der Waals surface area contributed by atoms with Crippen LogP contribution in [0, 0.1) is 0 Å². The fourth-order valence-electron chi connectivity index (χ4n) is 3.62. The average Bonchev–Trinajstić information content (AvgIpc) is 2.77. The second kappa shape index (κ2) is 13.5. The van der Waals surface area contributed by atoms with Gasteiger partial charge in [0.25, 0.3) is 0 Å². The SMILES string of the molecule is CCCOc1cccc(CNC(=NC)NC2CCN(Cc3ccccc3)CC2)c1.I. The summed E-state index contributed by atoms with van der Waals surface area (Å²) in [5.74, 6) is 1.80. The van der Waals surface area contributed by atoms with Crippen LogP contribution in [0.3, 0.4) is 0 Å². The van der Waals surface area contributed by atoms with E-state index in [1.165, 1.54) is 11.1 Å². The highest BCUT2D eigenvalue weighted by Crippen LogP contribution is 2.15. The van der Waals surface area contributed by atoms with Crippen molar-refractivity contribution in [2.24, 2.45) is 4.99 Å². The van der Waals surface area contributed by atoms with Gasteiger partial charge in [-0.3, -0.25) is 9.89 Å². The predicted octanol–water partition coefficient (Wildman–Crippen LogP) is 4.42. The summed E-state index contributed by atoms with van der Waals surface area (Å²) in [5, 5.41) is 7.03. The number of hydrogen-bond acceptors (Lipinski definition) is 3. The molecule has 3 rings (SSSR count). The molecular formula is C24H35IN4O. The Kier molecular flexibility index (Phi) is 11.0. The van der Waals surface area contributed by atoms with E-state index in [1.807, 2.05) is 19.2 Å². The van der Waals surface area contributed by atoms with Crippen molar-refractivity contribution in [1.29, 1.82) is 0 Å². The van der Waals surface area contributed by atoms with Crippen molar-refractivity contribution < 1.29 is 4.74 Å². The third kappa shape index (κ3) is 8.14. The summed E-state index contributed by atoms with van der Waals surface area (Å²) in [7, 11) is 1.83. The quantitative estimate of drug-likeness (QED) is 0.306. The molecule has 2 N–H and O–H groups in total. The zero-order valence-electron chi connectivity index (χ0n) is 18.1. The number of hydrogen-bond donors (Lipinski definition) is 2. The summed E-state index contributed by atoms with van der Waals surface area (Å²) in [4.78, 5) is 6.94. The standard InChI is InChI=1S/C24H34N4O.HI/c1-3-16-29-23-11-7-10-21(17-23)18-26-24(25-2)27-22-12-14-28(15-13-22)19-20-8-5-4-6-9-20;/h4-11,17,22H,3,12-16,18-19H2,1-2H3,(H2,25,26,27);1H. The number of benzene rings is 2. The highest BCUT2D eigenvalue weighted by atomic mass is 127. The Bertz CT molecular complexity index is 761. The largest absolute Gasteiger partial charge is 0.494 e. The molecule has 30 heavy (non-hydrogen) atoms. The zero-order valence-corrected chi connectivity index (χ0v) is 20.5. The Hall–Kier alpha value is -1.80. The topological polar surface area (TPSA) is 48.9 Å². The molecule has 2 aromatic rings. The van der Waals surface area contributed by atoms with Crippen LogP contribution >= 0.6 is 24.0 Å². The first-order valence-corrected chi connectivity index (χ1v) is 10.7. The third-order valence-corrected chi connectivity index (χ3v) is 5.23. The Balaban J connectivity index is 0.00000320. The Morgan fingerprint density at radius 1 is 1.07 bits per heavy atom. The zero-order chi connectivity index (χ0) is 20.3. The van der Waals surface area contributed by atoms with Crippen molar-refractivity contribution in [3.63, 3.8) is 0 Å². The van der Waals surface area contributed by atoms with Crippen molar-refractivity contribution in [3.8, 4) is 5.75 Å². The molecular weight excluding hydrogens is 487 g/mol. The maximum atomic E-state index is 5.72. The van der Waals surface area contributed by atoms with Gasteiger partial charge in [-0.25, -0.2) is 0 Å². The number of nitrogens with one attached hydrogen (secondary N) is 2. The van der Waals surface area contributed by atoms with Crippen LogP contribution in [0.15, 0.2) is 59.6 Å². The van der Waals surface area contributed by atoms with Crippen molar-refractivity contribution in [2.45, 2.75) is 45.3 Å². The van der Waals surface area contributed by atoms with Crippen molar-refractivity contribution in [1.82, 2.24) is 15.5 Å². The molecule has 0 saturated carbocycles. The van der Waals surface area contributed by atoms with Gasteiger partial charge in [0.1, 0.15) is 5.75 Å². The van der Waals surface area contributed by atoms with Crippen LogP contribution in [0.4, 0.5) is 0 Å². The summed E-state index contributed by atoms with van der Waals surface area (Å²) in [6, 6.07) is 19.4. The fraction of sp³-hybridized carbons (Fsp3) is 0.458. The van der Waals surface area contributed by atoms with Gasteiger partial charge in [0.2, 0.25) is 0 Å². The molecule has 6 heteroatoms. The maximum Gasteiger partial charge on any atom is 0.191 e. The maximum absolute atomic E-state index is 5.72. The van der Waals surface area contributed by atoms with Gasteiger partial charge >= 0.3 is 0 Å². The summed E-state index contributed by atoms with van der Waals surface area (Å²) >= 11 is 0. The molecule has 0 radical (unpaired) electrons. The molecule has 1 heterocycles. The van der Waals surface area contributed by atoms with Crippen LogP contribution < -0.4 is 15.4 Å². The van der Waals surface area contributed by atoms with Gasteiger partial charge in [-0.2, -0.15) is 0 Å². The number of rotatable bonds is 8. The summed E-state index contributed by atoms with van der Waals surface area (Å²) < 4.78 is 5.72. The first-order chi connectivity index (χ1) is 14.3. The molecule has 1 fully saturated rings. The number of aliphatic imine (C=N–C) groups is 1. The molecule has 1 saturated heterocycles. The van der Waals surface area contributed by atoms with E-state index in [4.69, 9.17) is 4.74 Å². The Morgan fingerprint density at radius 3 is 2.50 bits per heavy atom. The Morgan fingerprint density at radius 2 is 1.80 bits per heavy atom. The summed E-state index contributed by atoms with van der Waals surface area (Å²) in [5.41, 5.74) is 2.58. The van der Waals surface area contributed by atoms with Gasteiger partial charge in [-0.1, -0.05) is 49.4 Å². The second-order valence-electron chi connectivity index (χ2n) is 7.60. The number of guanidine groups is 1. The third-order valence-electron chi connectivity index (χ3n) is 5.23. The summed E-state index contributed by atoms with van der Waals surface area (Å²) in [6.07, 6.45) is 3.28. The minimum Gasteiger partial charge on any atom is -0.494 e. The lowest BCUT2D eigenvalue weighted by Crippen LogP contribution is -2.48. The lowest BCUT2D eigenvalue weighted by molar-refractivity contribution is 0.198. The lowest BCUT2D eigenvalue weighted by Gasteiger charge is -2.33. The highest BCUT2D eigenvalue weighted by molar-refractivity contribution is 14.0. The minimum absolute atomic E-state index is 0. The molecule has 5 nitrogen and oxygen atoms in total. The van der Waals surface area contributed by atoms with Gasteiger partial charge in [-0.05, 0) is 42.5 Å². The Labute approximate surface area is 198 Å².